The molecule has 0 heterocycles. The van der Waals surface area contributed by atoms with E-state index in [4.69, 9.17) is 9.47 Å². The number of urea groups is 1. The number of aromatic hydroxyl groups is 1. The monoisotopic (exact) mass is 402 g/mol. The van der Waals surface area contributed by atoms with Crippen LogP contribution in [-0.2, 0) is 9.53 Å². The minimum atomic E-state index is -0.877. The number of ether oxygens (including phenoxy) is 2. The number of hydrogen-bond donors (Lipinski definition) is 3. The molecule has 5 rings (SSSR count). The Labute approximate surface area is 168 Å². The molecule has 4 bridgehead atoms. The van der Waals surface area contributed by atoms with Gasteiger partial charge in [0.25, 0.3) is 5.91 Å². The van der Waals surface area contributed by atoms with E-state index in [1.165, 1.54) is 44.6 Å². The predicted octanol–water partition coefficient (Wildman–Crippen LogP) is 2.35. The van der Waals surface area contributed by atoms with Gasteiger partial charge in [0.05, 0.1) is 7.11 Å². The number of phenols is 1. The lowest BCUT2D eigenvalue weighted by Gasteiger charge is -2.56. The van der Waals surface area contributed by atoms with Crippen LogP contribution in [0.1, 0.15) is 48.9 Å². The Morgan fingerprint density at radius 2 is 1.72 bits per heavy atom. The summed E-state index contributed by atoms with van der Waals surface area (Å²) in [7, 11) is 1.43. The Balaban J connectivity index is 1.28. The van der Waals surface area contributed by atoms with E-state index in [1.807, 2.05) is 0 Å². The lowest BCUT2D eigenvalue weighted by molar-refractivity contribution is -0.123. The van der Waals surface area contributed by atoms with Crippen molar-refractivity contribution in [3.05, 3.63) is 23.8 Å². The molecule has 0 aliphatic heterocycles. The van der Waals surface area contributed by atoms with Crippen molar-refractivity contribution in [2.24, 2.45) is 17.8 Å². The highest BCUT2D eigenvalue weighted by Gasteiger charge is 2.51. The van der Waals surface area contributed by atoms with Crippen molar-refractivity contribution in [1.82, 2.24) is 10.6 Å². The molecule has 4 saturated carbocycles. The molecule has 8 nitrogen and oxygen atoms in total. The third-order valence-electron chi connectivity index (χ3n) is 6.43. The summed E-state index contributed by atoms with van der Waals surface area (Å²) >= 11 is 0. The molecule has 0 unspecified atom stereocenters. The fraction of sp³-hybridized carbons (Fsp3) is 0.571. The van der Waals surface area contributed by atoms with E-state index in [2.05, 4.69) is 10.6 Å². The molecule has 4 aliphatic rings. The lowest BCUT2D eigenvalue weighted by Crippen LogP contribution is -2.62. The molecule has 0 radical (unpaired) electrons. The third kappa shape index (κ3) is 4.16. The first-order valence-corrected chi connectivity index (χ1v) is 10.0. The predicted molar refractivity (Wildman–Crippen MR) is 103 cm³/mol. The van der Waals surface area contributed by atoms with Crippen LogP contribution in [0.25, 0.3) is 0 Å². The van der Waals surface area contributed by atoms with Gasteiger partial charge in [-0.25, -0.2) is 9.59 Å². The van der Waals surface area contributed by atoms with Crippen LogP contribution in [-0.4, -0.2) is 42.3 Å². The standard InChI is InChI=1S/C21H26N2O6/c1-28-15-2-3-17(24)16(7-15)19(26)29-11-18(25)22-20(27)23-21-8-12-4-13(9-21)6-14(5-12)10-21/h2-3,7,12-14,24H,4-6,8-11H2,1H3,(H2,22,23,25,27). The van der Waals surface area contributed by atoms with Crippen molar-refractivity contribution in [1.29, 1.82) is 0 Å². The quantitative estimate of drug-likeness (QED) is 0.652. The van der Waals surface area contributed by atoms with Crippen LogP contribution in [0.2, 0.25) is 0 Å². The highest BCUT2D eigenvalue weighted by Crippen LogP contribution is 2.55. The Hall–Kier alpha value is -2.77. The molecule has 0 atom stereocenters. The zero-order valence-electron chi connectivity index (χ0n) is 16.4. The van der Waals surface area contributed by atoms with Crippen LogP contribution < -0.4 is 15.4 Å². The normalized spacial score (nSPS) is 29.2. The molecule has 156 valence electrons. The van der Waals surface area contributed by atoms with E-state index in [1.54, 1.807) is 0 Å². The van der Waals surface area contributed by atoms with Crippen LogP contribution in [0.4, 0.5) is 4.79 Å². The van der Waals surface area contributed by atoms with E-state index >= 15 is 0 Å². The van der Waals surface area contributed by atoms with Crippen molar-refractivity contribution in [2.75, 3.05) is 13.7 Å². The molecule has 1 aromatic carbocycles. The van der Waals surface area contributed by atoms with E-state index in [0.717, 1.165) is 19.3 Å². The van der Waals surface area contributed by atoms with Gasteiger partial charge >= 0.3 is 12.0 Å². The molecule has 0 aromatic heterocycles. The van der Waals surface area contributed by atoms with E-state index < -0.39 is 24.5 Å². The van der Waals surface area contributed by atoms with Crippen molar-refractivity contribution in [3.63, 3.8) is 0 Å². The van der Waals surface area contributed by atoms with Gasteiger partial charge in [0.2, 0.25) is 0 Å². The van der Waals surface area contributed by atoms with Gasteiger partial charge in [-0.05, 0) is 74.5 Å². The summed E-state index contributed by atoms with van der Waals surface area (Å²) in [6, 6.07) is 3.56. The zero-order valence-corrected chi connectivity index (χ0v) is 16.4. The van der Waals surface area contributed by atoms with Crippen molar-refractivity contribution in [3.8, 4) is 11.5 Å². The van der Waals surface area contributed by atoms with Gasteiger partial charge in [-0.1, -0.05) is 0 Å². The highest BCUT2D eigenvalue weighted by molar-refractivity contribution is 5.98. The number of carbonyl (C=O) groups is 3. The number of benzene rings is 1. The van der Waals surface area contributed by atoms with Crippen molar-refractivity contribution < 1.29 is 29.0 Å². The van der Waals surface area contributed by atoms with Crippen LogP contribution >= 0.6 is 0 Å². The number of carbonyl (C=O) groups excluding carboxylic acids is 3. The van der Waals surface area contributed by atoms with Crippen LogP contribution in [0.3, 0.4) is 0 Å². The molecule has 4 aliphatic carbocycles. The molecule has 1 aromatic rings. The number of methoxy groups -OCH3 is 1. The molecular formula is C21H26N2O6. The second-order valence-corrected chi connectivity index (χ2v) is 8.66. The molecule has 4 fully saturated rings. The first-order valence-electron chi connectivity index (χ1n) is 10.0. The molecule has 29 heavy (non-hydrogen) atoms. The second-order valence-electron chi connectivity index (χ2n) is 8.66. The summed E-state index contributed by atoms with van der Waals surface area (Å²) in [5.41, 5.74) is -0.322. The second kappa shape index (κ2) is 7.57. The zero-order chi connectivity index (χ0) is 20.6. The van der Waals surface area contributed by atoms with Gasteiger partial charge in [0, 0.05) is 5.54 Å². The Kier molecular flexibility index (Phi) is 5.10. The number of esters is 1. The van der Waals surface area contributed by atoms with Crippen LogP contribution in [0.15, 0.2) is 18.2 Å². The number of imide groups is 1. The van der Waals surface area contributed by atoms with Gasteiger partial charge in [0.15, 0.2) is 6.61 Å². The minimum Gasteiger partial charge on any atom is -0.507 e. The van der Waals surface area contributed by atoms with Crippen LogP contribution in [0, 0.1) is 17.8 Å². The smallest absolute Gasteiger partial charge is 0.342 e. The van der Waals surface area contributed by atoms with Gasteiger partial charge in [-0.2, -0.15) is 0 Å². The van der Waals surface area contributed by atoms with E-state index in [0.29, 0.717) is 23.5 Å². The minimum absolute atomic E-state index is 0.116. The maximum Gasteiger partial charge on any atom is 0.342 e. The Morgan fingerprint density at radius 1 is 1.10 bits per heavy atom. The summed E-state index contributed by atoms with van der Waals surface area (Å²) in [5.74, 6) is 0.516. The average molecular weight is 402 g/mol. The van der Waals surface area contributed by atoms with Crippen molar-refractivity contribution in [2.45, 2.75) is 44.1 Å². The molecular weight excluding hydrogens is 376 g/mol. The summed E-state index contributed by atoms with van der Waals surface area (Å²) in [5, 5.41) is 15.1. The summed E-state index contributed by atoms with van der Waals surface area (Å²) < 4.78 is 9.92. The number of hydrogen-bond acceptors (Lipinski definition) is 6. The maximum absolute atomic E-state index is 12.4. The number of nitrogens with one attached hydrogen (secondary N) is 2. The number of phenolic OH excluding ortho intramolecular Hbond substituents is 1. The number of rotatable bonds is 5. The highest BCUT2D eigenvalue weighted by atomic mass is 16.5. The molecule has 8 heteroatoms. The fourth-order valence-corrected chi connectivity index (χ4v) is 5.71. The third-order valence-corrected chi connectivity index (χ3v) is 6.43. The van der Waals surface area contributed by atoms with Gasteiger partial charge in [-0.3, -0.25) is 10.1 Å². The first-order chi connectivity index (χ1) is 13.9. The molecule has 3 amide bonds. The molecule has 0 spiro atoms. The first kappa shape index (κ1) is 19.5. The fourth-order valence-electron chi connectivity index (χ4n) is 5.71. The Morgan fingerprint density at radius 3 is 2.31 bits per heavy atom. The van der Waals surface area contributed by atoms with Gasteiger partial charge in [-0.15, -0.1) is 0 Å². The van der Waals surface area contributed by atoms with Crippen molar-refractivity contribution >= 4 is 17.9 Å². The van der Waals surface area contributed by atoms with E-state index in [-0.39, 0.29) is 16.9 Å². The summed E-state index contributed by atoms with van der Waals surface area (Å²) in [4.78, 5) is 36.5. The van der Waals surface area contributed by atoms with Gasteiger partial charge < -0.3 is 19.9 Å². The Bertz CT molecular complexity index is 801. The molecule has 0 saturated heterocycles. The maximum atomic E-state index is 12.4. The van der Waals surface area contributed by atoms with Crippen LogP contribution in [0.5, 0.6) is 11.5 Å². The molecule has 3 N–H and O–H groups in total. The number of amides is 3. The van der Waals surface area contributed by atoms with E-state index in [9.17, 15) is 19.5 Å². The lowest BCUT2D eigenvalue weighted by atomic mass is 9.53. The largest absolute Gasteiger partial charge is 0.507 e. The topological polar surface area (TPSA) is 114 Å². The van der Waals surface area contributed by atoms with Gasteiger partial charge in [0.1, 0.15) is 17.1 Å². The summed E-state index contributed by atoms with van der Waals surface area (Å²) in [6.07, 6.45) is 6.71. The SMILES string of the molecule is COc1ccc(O)c(C(=O)OCC(=O)NC(=O)NC23CC4CC(CC(C4)C2)C3)c1. The summed E-state index contributed by atoms with van der Waals surface area (Å²) in [6.45, 7) is -0.621. The average Bonchev–Trinajstić information content (AvgIpc) is 2.64.